The van der Waals surface area contributed by atoms with Crippen molar-refractivity contribution >= 4 is 11.6 Å². The Kier molecular flexibility index (Phi) is 4.87. The number of nitrogens with one attached hydrogen (secondary N) is 1. The van der Waals surface area contributed by atoms with Crippen LogP contribution >= 0.6 is 11.6 Å². The van der Waals surface area contributed by atoms with Crippen LogP contribution in [0.4, 0.5) is 0 Å². The largest absolute Gasteiger partial charge is 0.312 e. The average molecular weight is 252 g/mol. The SMILES string of the molecule is CC1CCCC(CNCc2ccccc2Cl)C1. The van der Waals surface area contributed by atoms with Crippen LogP contribution in [-0.2, 0) is 6.54 Å². The number of hydrogen-bond donors (Lipinski definition) is 1. The van der Waals surface area contributed by atoms with Gasteiger partial charge in [0, 0.05) is 11.6 Å². The predicted octanol–water partition coefficient (Wildman–Crippen LogP) is 4.26. The second kappa shape index (κ2) is 6.42. The lowest BCUT2D eigenvalue weighted by atomic mass is 9.82. The van der Waals surface area contributed by atoms with Gasteiger partial charge >= 0.3 is 0 Å². The summed E-state index contributed by atoms with van der Waals surface area (Å²) in [6, 6.07) is 8.08. The van der Waals surface area contributed by atoms with E-state index in [4.69, 9.17) is 11.6 Å². The molecule has 0 spiro atoms. The van der Waals surface area contributed by atoms with Gasteiger partial charge in [-0.3, -0.25) is 0 Å². The minimum absolute atomic E-state index is 0.862. The Balaban J connectivity index is 1.74. The van der Waals surface area contributed by atoms with Crippen molar-refractivity contribution in [3.8, 4) is 0 Å². The summed E-state index contributed by atoms with van der Waals surface area (Å²) in [6.45, 7) is 4.40. The summed E-state index contributed by atoms with van der Waals surface area (Å²) in [6.07, 6.45) is 5.59. The van der Waals surface area contributed by atoms with Gasteiger partial charge in [-0.1, -0.05) is 49.6 Å². The molecule has 17 heavy (non-hydrogen) atoms. The van der Waals surface area contributed by atoms with Gasteiger partial charge in [-0.25, -0.2) is 0 Å². The zero-order chi connectivity index (χ0) is 12.1. The molecule has 1 aromatic rings. The van der Waals surface area contributed by atoms with Crippen molar-refractivity contribution in [2.24, 2.45) is 11.8 Å². The monoisotopic (exact) mass is 251 g/mol. The molecule has 1 nitrogen and oxygen atoms in total. The minimum atomic E-state index is 0.862. The van der Waals surface area contributed by atoms with Crippen molar-refractivity contribution in [3.63, 3.8) is 0 Å². The van der Waals surface area contributed by atoms with Crippen LogP contribution in [0.15, 0.2) is 24.3 Å². The highest BCUT2D eigenvalue weighted by Gasteiger charge is 2.18. The first-order valence-corrected chi connectivity index (χ1v) is 7.07. The summed E-state index contributed by atoms with van der Waals surface area (Å²) in [5.74, 6) is 1.78. The fourth-order valence-corrected chi connectivity index (χ4v) is 3.00. The Hall–Kier alpha value is -0.530. The Labute approximate surface area is 110 Å². The molecule has 2 rings (SSSR count). The highest BCUT2D eigenvalue weighted by molar-refractivity contribution is 6.31. The molecule has 1 aliphatic carbocycles. The van der Waals surface area contributed by atoms with Crippen molar-refractivity contribution in [1.82, 2.24) is 5.32 Å². The first-order valence-electron chi connectivity index (χ1n) is 6.70. The molecule has 2 heteroatoms. The number of halogens is 1. The number of rotatable bonds is 4. The van der Waals surface area contributed by atoms with Crippen LogP contribution < -0.4 is 5.32 Å². The third-order valence-corrected chi connectivity index (χ3v) is 4.12. The maximum absolute atomic E-state index is 6.13. The van der Waals surface area contributed by atoms with Gasteiger partial charge in [-0.05, 0) is 42.9 Å². The molecule has 0 aromatic heterocycles. The highest BCUT2D eigenvalue weighted by atomic mass is 35.5. The van der Waals surface area contributed by atoms with Crippen molar-refractivity contribution in [2.45, 2.75) is 39.2 Å². The van der Waals surface area contributed by atoms with Crippen LogP contribution in [0.3, 0.4) is 0 Å². The molecule has 0 radical (unpaired) electrons. The highest BCUT2D eigenvalue weighted by Crippen LogP contribution is 2.28. The fourth-order valence-electron chi connectivity index (χ4n) is 2.80. The second-order valence-corrected chi connectivity index (χ2v) is 5.77. The third-order valence-electron chi connectivity index (χ3n) is 3.75. The van der Waals surface area contributed by atoms with E-state index in [1.807, 2.05) is 18.2 Å². The fraction of sp³-hybridized carbons (Fsp3) is 0.600. The Bertz CT molecular complexity index is 351. The van der Waals surface area contributed by atoms with Crippen molar-refractivity contribution < 1.29 is 0 Å². The van der Waals surface area contributed by atoms with Crippen LogP contribution in [0.2, 0.25) is 5.02 Å². The lowest BCUT2D eigenvalue weighted by Gasteiger charge is -2.26. The maximum atomic E-state index is 6.13. The van der Waals surface area contributed by atoms with E-state index in [2.05, 4.69) is 18.3 Å². The summed E-state index contributed by atoms with van der Waals surface area (Å²) >= 11 is 6.13. The molecule has 2 unspecified atom stereocenters. The Morgan fingerprint density at radius 2 is 2.12 bits per heavy atom. The van der Waals surface area contributed by atoms with E-state index >= 15 is 0 Å². The van der Waals surface area contributed by atoms with Gasteiger partial charge in [0.15, 0.2) is 0 Å². The third kappa shape index (κ3) is 4.01. The van der Waals surface area contributed by atoms with E-state index < -0.39 is 0 Å². The molecular formula is C15H22ClN. The summed E-state index contributed by atoms with van der Waals surface area (Å²) < 4.78 is 0. The zero-order valence-electron chi connectivity index (χ0n) is 10.6. The van der Waals surface area contributed by atoms with Gasteiger partial charge in [0.25, 0.3) is 0 Å². The molecular weight excluding hydrogens is 230 g/mol. The van der Waals surface area contributed by atoms with Crippen LogP contribution in [0.5, 0.6) is 0 Å². The van der Waals surface area contributed by atoms with Crippen molar-refractivity contribution in [2.75, 3.05) is 6.54 Å². The van der Waals surface area contributed by atoms with Gasteiger partial charge < -0.3 is 5.32 Å². The van der Waals surface area contributed by atoms with Crippen LogP contribution in [0.25, 0.3) is 0 Å². The molecule has 1 aromatic carbocycles. The molecule has 0 saturated heterocycles. The lowest BCUT2D eigenvalue weighted by molar-refractivity contribution is 0.274. The van der Waals surface area contributed by atoms with Gasteiger partial charge in [0.2, 0.25) is 0 Å². The molecule has 1 N–H and O–H groups in total. The molecule has 0 aliphatic heterocycles. The van der Waals surface area contributed by atoms with E-state index in [1.54, 1.807) is 0 Å². The molecule has 94 valence electrons. The summed E-state index contributed by atoms with van der Waals surface area (Å²) in [5, 5.41) is 4.42. The van der Waals surface area contributed by atoms with Crippen molar-refractivity contribution in [1.29, 1.82) is 0 Å². The van der Waals surface area contributed by atoms with Crippen LogP contribution in [-0.4, -0.2) is 6.54 Å². The topological polar surface area (TPSA) is 12.0 Å². The summed E-state index contributed by atoms with van der Waals surface area (Å²) in [7, 11) is 0. The standard InChI is InChI=1S/C15H22ClN/c1-12-5-4-6-13(9-12)10-17-11-14-7-2-3-8-15(14)16/h2-3,7-8,12-13,17H,4-6,9-11H2,1H3. The molecule has 1 aliphatic rings. The minimum Gasteiger partial charge on any atom is -0.312 e. The molecule has 1 saturated carbocycles. The zero-order valence-corrected chi connectivity index (χ0v) is 11.3. The first-order chi connectivity index (χ1) is 8.25. The Morgan fingerprint density at radius 3 is 2.88 bits per heavy atom. The quantitative estimate of drug-likeness (QED) is 0.843. The van der Waals surface area contributed by atoms with Gasteiger partial charge in [-0.2, -0.15) is 0 Å². The molecule has 0 bridgehead atoms. The van der Waals surface area contributed by atoms with E-state index in [-0.39, 0.29) is 0 Å². The van der Waals surface area contributed by atoms with Gasteiger partial charge in [-0.15, -0.1) is 0 Å². The van der Waals surface area contributed by atoms with E-state index in [0.29, 0.717) is 0 Å². The van der Waals surface area contributed by atoms with Crippen molar-refractivity contribution in [3.05, 3.63) is 34.9 Å². The molecule has 0 amide bonds. The molecule has 2 atom stereocenters. The summed E-state index contributed by atoms with van der Waals surface area (Å²) in [4.78, 5) is 0. The van der Waals surface area contributed by atoms with Gasteiger partial charge in [0.1, 0.15) is 0 Å². The van der Waals surface area contributed by atoms with E-state index in [9.17, 15) is 0 Å². The second-order valence-electron chi connectivity index (χ2n) is 5.36. The predicted molar refractivity (Wildman–Crippen MR) is 74.3 cm³/mol. The van der Waals surface area contributed by atoms with Crippen LogP contribution in [0, 0.1) is 11.8 Å². The van der Waals surface area contributed by atoms with E-state index in [1.165, 1.54) is 31.2 Å². The average Bonchev–Trinajstić information content (AvgIpc) is 2.32. The number of benzene rings is 1. The molecule has 1 fully saturated rings. The van der Waals surface area contributed by atoms with Gasteiger partial charge in [0.05, 0.1) is 0 Å². The lowest BCUT2D eigenvalue weighted by Crippen LogP contribution is -2.26. The maximum Gasteiger partial charge on any atom is 0.0450 e. The molecule has 0 heterocycles. The normalized spacial score (nSPS) is 24.8. The Morgan fingerprint density at radius 1 is 1.29 bits per heavy atom. The smallest absolute Gasteiger partial charge is 0.0450 e. The number of hydrogen-bond acceptors (Lipinski definition) is 1. The van der Waals surface area contributed by atoms with Crippen LogP contribution in [0.1, 0.15) is 38.2 Å². The summed E-state index contributed by atoms with van der Waals surface area (Å²) in [5.41, 5.74) is 1.21. The first kappa shape index (κ1) is 12.9. The van der Waals surface area contributed by atoms with E-state index in [0.717, 1.165) is 29.9 Å².